The minimum absolute atomic E-state index is 0.0853. The van der Waals surface area contributed by atoms with Crippen molar-refractivity contribution < 1.29 is 23.8 Å². The lowest BCUT2D eigenvalue weighted by atomic mass is 9.97. The van der Waals surface area contributed by atoms with E-state index in [0.29, 0.717) is 52.6 Å². The number of aromatic nitrogens is 1. The number of phenolic OH excluding ortho intramolecular Hbond substituents is 1. The standard InChI is InChI=1S/C37H34FN3O4/c1-24-32(37(44)41(29-13-15-30(42)16-14-29)23-27-10-6-7-11-35(27)45-3)21-34(39(24)2)33-20-28(38)12-17-31(33)36(43)40-19-18-25-8-4-5-9-26(25)22-40/h4-17,20-21,42H,18-19,22-23H2,1-3H3. The fourth-order valence-corrected chi connectivity index (χ4v) is 5.99. The summed E-state index contributed by atoms with van der Waals surface area (Å²) in [5, 5.41) is 9.92. The van der Waals surface area contributed by atoms with Gasteiger partial charge in [-0.15, -0.1) is 0 Å². The average molecular weight is 604 g/mol. The first-order valence-corrected chi connectivity index (χ1v) is 14.8. The highest BCUT2D eigenvalue weighted by Gasteiger charge is 2.28. The monoisotopic (exact) mass is 603 g/mol. The molecule has 8 heteroatoms. The normalized spacial score (nSPS) is 12.5. The summed E-state index contributed by atoms with van der Waals surface area (Å²) in [6.07, 6.45) is 0.750. The average Bonchev–Trinajstić information content (AvgIpc) is 3.36. The molecule has 0 unspecified atom stereocenters. The number of phenols is 1. The van der Waals surface area contributed by atoms with Crippen LogP contribution in [0.2, 0.25) is 0 Å². The third-order valence-electron chi connectivity index (χ3n) is 8.60. The van der Waals surface area contributed by atoms with Gasteiger partial charge in [0.25, 0.3) is 11.8 Å². The number of hydrogen-bond acceptors (Lipinski definition) is 4. The van der Waals surface area contributed by atoms with Crippen LogP contribution >= 0.6 is 0 Å². The number of anilines is 1. The van der Waals surface area contributed by atoms with E-state index in [1.807, 2.05) is 61.0 Å². The predicted octanol–water partition coefficient (Wildman–Crippen LogP) is 6.90. The van der Waals surface area contributed by atoms with Gasteiger partial charge < -0.3 is 24.2 Å². The van der Waals surface area contributed by atoms with E-state index in [9.17, 15) is 19.1 Å². The van der Waals surface area contributed by atoms with Gasteiger partial charge in [-0.3, -0.25) is 9.59 Å². The summed E-state index contributed by atoms with van der Waals surface area (Å²) in [7, 11) is 3.39. The molecular formula is C37H34FN3O4. The van der Waals surface area contributed by atoms with Crippen LogP contribution in [0.1, 0.15) is 43.1 Å². The number of methoxy groups -OCH3 is 1. The zero-order valence-corrected chi connectivity index (χ0v) is 25.5. The van der Waals surface area contributed by atoms with Gasteiger partial charge >= 0.3 is 0 Å². The zero-order valence-electron chi connectivity index (χ0n) is 25.5. The maximum Gasteiger partial charge on any atom is 0.260 e. The summed E-state index contributed by atoms with van der Waals surface area (Å²) in [5.41, 5.74) is 6.14. The van der Waals surface area contributed by atoms with Gasteiger partial charge in [0.2, 0.25) is 0 Å². The second-order valence-corrected chi connectivity index (χ2v) is 11.2. The van der Waals surface area contributed by atoms with Crippen LogP contribution in [0, 0.1) is 12.7 Å². The van der Waals surface area contributed by atoms with E-state index in [0.717, 1.165) is 17.5 Å². The van der Waals surface area contributed by atoms with Crippen molar-refractivity contribution in [1.82, 2.24) is 9.47 Å². The summed E-state index contributed by atoms with van der Waals surface area (Å²) < 4.78 is 22.2. The molecule has 4 aromatic carbocycles. The molecule has 2 amide bonds. The van der Waals surface area contributed by atoms with E-state index >= 15 is 0 Å². The number of rotatable bonds is 7. The third kappa shape index (κ3) is 5.79. The van der Waals surface area contributed by atoms with E-state index in [1.54, 1.807) is 35.1 Å². The molecule has 0 fully saturated rings. The van der Waals surface area contributed by atoms with Gasteiger partial charge in [0.1, 0.15) is 17.3 Å². The number of benzene rings is 4. The van der Waals surface area contributed by atoms with Crippen LogP contribution in [0.5, 0.6) is 11.5 Å². The Morgan fingerprint density at radius 1 is 0.911 bits per heavy atom. The summed E-state index contributed by atoms with van der Waals surface area (Å²) in [6.45, 7) is 3.08. The Hall–Kier alpha value is -5.37. The molecule has 5 aromatic rings. The molecule has 1 aromatic heterocycles. The van der Waals surface area contributed by atoms with Gasteiger partial charge in [-0.2, -0.15) is 0 Å². The first kappa shape index (κ1) is 29.7. The molecule has 228 valence electrons. The van der Waals surface area contributed by atoms with E-state index in [2.05, 4.69) is 6.07 Å². The molecule has 0 radical (unpaired) electrons. The van der Waals surface area contributed by atoms with Crippen LogP contribution in [0.15, 0.2) is 97.1 Å². The van der Waals surface area contributed by atoms with Crippen LogP contribution in [0.3, 0.4) is 0 Å². The third-order valence-corrected chi connectivity index (χ3v) is 8.60. The molecule has 0 saturated heterocycles. The van der Waals surface area contributed by atoms with Crippen LogP contribution in [0.25, 0.3) is 11.3 Å². The van der Waals surface area contributed by atoms with Crippen molar-refractivity contribution in [3.8, 4) is 22.8 Å². The first-order valence-electron chi connectivity index (χ1n) is 14.8. The summed E-state index contributed by atoms with van der Waals surface area (Å²) in [4.78, 5) is 31.7. The SMILES string of the molecule is COc1ccccc1CN(C(=O)c1cc(-c2cc(F)ccc2C(=O)N2CCc3ccccc3C2)n(C)c1C)c1ccc(O)cc1. The molecule has 1 aliphatic heterocycles. The van der Waals surface area contributed by atoms with Crippen molar-refractivity contribution in [1.29, 1.82) is 0 Å². The molecule has 0 aliphatic carbocycles. The van der Waals surface area contributed by atoms with Gasteiger partial charge in [0.05, 0.1) is 19.2 Å². The number of aromatic hydroxyl groups is 1. The summed E-state index contributed by atoms with van der Waals surface area (Å²) >= 11 is 0. The fourth-order valence-electron chi connectivity index (χ4n) is 5.99. The van der Waals surface area contributed by atoms with E-state index in [1.165, 1.54) is 35.9 Å². The number of para-hydroxylation sites is 1. The maximum atomic E-state index is 14.8. The largest absolute Gasteiger partial charge is 0.508 e. The van der Waals surface area contributed by atoms with Crippen molar-refractivity contribution in [3.05, 3.63) is 136 Å². The van der Waals surface area contributed by atoms with Crippen molar-refractivity contribution in [2.24, 2.45) is 7.05 Å². The molecule has 45 heavy (non-hydrogen) atoms. The molecule has 0 atom stereocenters. The van der Waals surface area contributed by atoms with E-state index in [-0.39, 0.29) is 24.1 Å². The van der Waals surface area contributed by atoms with Gasteiger partial charge in [-0.1, -0.05) is 42.5 Å². The number of ether oxygens (including phenoxy) is 1. The lowest BCUT2D eigenvalue weighted by Crippen LogP contribution is -2.36. The van der Waals surface area contributed by atoms with Crippen LogP contribution in [-0.4, -0.2) is 40.0 Å². The Balaban J connectivity index is 1.39. The highest BCUT2D eigenvalue weighted by Crippen LogP contribution is 2.33. The number of carbonyl (C=O) groups excluding carboxylic acids is 2. The molecule has 0 saturated carbocycles. The molecule has 7 nitrogen and oxygen atoms in total. The Morgan fingerprint density at radius 3 is 2.38 bits per heavy atom. The quantitative estimate of drug-likeness (QED) is 0.220. The Bertz CT molecular complexity index is 1900. The minimum Gasteiger partial charge on any atom is -0.508 e. The van der Waals surface area contributed by atoms with Crippen molar-refractivity contribution in [2.45, 2.75) is 26.4 Å². The van der Waals surface area contributed by atoms with E-state index in [4.69, 9.17) is 4.74 Å². The molecule has 2 heterocycles. The van der Waals surface area contributed by atoms with Crippen LogP contribution in [0.4, 0.5) is 10.1 Å². The summed E-state index contributed by atoms with van der Waals surface area (Å²) in [5.74, 6) is -0.222. The summed E-state index contributed by atoms with van der Waals surface area (Å²) in [6, 6.07) is 27.9. The number of hydrogen-bond donors (Lipinski definition) is 1. The lowest BCUT2D eigenvalue weighted by molar-refractivity contribution is 0.0735. The zero-order chi connectivity index (χ0) is 31.7. The second-order valence-electron chi connectivity index (χ2n) is 11.2. The van der Waals surface area contributed by atoms with Crippen molar-refractivity contribution in [2.75, 3.05) is 18.6 Å². The Morgan fingerprint density at radius 2 is 1.62 bits per heavy atom. The Kier molecular flexibility index (Phi) is 8.13. The van der Waals surface area contributed by atoms with Crippen LogP contribution in [-0.2, 0) is 26.6 Å². The molecule has 1 aliphatic rings. The fraction of sp³-hybridized carbons (Fsp3) is 0.189. The van der Waals surface area contributed by atoms with Gasteiger partial charge in [-0.25, -0.2) is 4.39 Å². The van der Waals surface area contributed by atoms with Gasteiger partial charge in [0, 0.05) is 53.9 Å². The van der Waals surface area contributed by atoms with Crippen molar-refractivity contribution in [3.63, 3.8) is 0 Å². The minimum atomic E-state index is -0.473. The number of halogens is 1. The molecule has 0 spiro atoms. The highest BCUT2D eigenvalue weighted by molar-refractivity contribution is 6.08. The topological polar surface area (TPSA) is 75.0 Å². The smallest absolute Gasteiger partial charge is 0.260 e. The number of nitrogens with zero attached hydrogens (tertiary/aromatic N) is 3. The van der Waals surface area contributed by atoms with Crippen LogP contribution < -0.4 is 9.64 Å². The second kappa shape index (κ2) is 12.3. The number of amides is 2. The highest BCUT2D eigenvalue weighted by atomic mass is 19.1. The lowest BCUT2D eigenvalue weighted by Gasteiger charge is -2.29. The van der Waals surface area contributed by atoms with Gasteiger partial charge in [0.15, 0.2) is 0 Å². The van der Waals surface area contributed by atoms with E-state index < -0.39 is 5.82 Å². The Labute approximate surface area is 261 Å². The number of fused-ring (bicyclic) bond motifs is 1. The molecule has 1 N–H and O–H groups in total. The maximum absolute atomic E-state index is 14.8. The first-order chi connectivity index (χ1) is 21.7. The number of carbonyl (C=O) groups is 2. The predicted molar refractivity (Wildman–Crippen MR) is 172 cm³/mol. The molecule has 6 rings (SSSR count). The molecule has 0 bridgehead atoms. The van der Waals surface area contributed by atoms with Gasteiger partial charge in [-0.05, 0) is 79.1 Å². The molecular weight excluding hydrogens is 569 g/mol. The van der Waals surface area contributed by atoms with Crippen molar-refractivity contribution >= 4 is 17.5 Å².